The zero-order chi connectivity index (χ0) is 26.2. The Kier molecular flexibility index (Phi) is 6.27. The molecule has 3 aromatic carbocycles. The van der Waals surface area contributed by atoms with Crippen molar-refractivity contribution in [3.63, 3.8) is 0 Å². The molecule has 8 nitrogen and oxygen atoms in total. The second-order valence-electron chi connectivity index (χ2n) is 9.34. The van der Waals surface area contributed by atoms with Crippen LogP contribution in [0.4, 0.5) is 21.6 Å². The Balaban J connectivity index is 1.24. The van der Waals surface area contributed by atoms with Gasteiger partial charge in [0.25, 0.3) is 5.69 Å². The van der Waals surface area contributed by atoms with E-state index in [-0.39, 0.29) is 18.1 Å². The zero-order valence-corrected chi connectivity index (χ0v) is 20.7. The van der Waals surface area contributed by atoms with Crippen molar-refractivity contribution in [2.45, 2.75) is 6.61 Å². The van der Waals surface area contributed by atoms with Gasteiger partial charge in [0.05, 0.1) is 15.5 Å². The number of anilines is 2. The van der Waals surface area contributed by atoms with Crippen LogP contribution in [-0.2, 0) is 6.61 Å². The molecule has 1 saturated heterocycles. The highest BCUT2D eigenvalue weighted by atomic mass is 35.5. The number of benzene rings is 3. The first-order chi connectivity index (χ1) is 18.5. The Labute approximate surface area is 222 Å². The predicted octanol–water partition coefficient (Wildman–Crippen LogP) is 5.47. The summed E-state index contributed by atoms with van der Waals surface area (Å²) in [4.78, 5) is 20.0. The number of rotatable bonds is 6. The molecule has 0 spiro atoms. The maximum absolute atomic E-state index is 13.4. The molecule has 1 aliphatic carbocycles. The molecule has 2 unspecified atom stereocenters. The van der Waals surface area contributed by atoms with Crippen molar-refractivity contribution in [3.8, 4) is 17.6 Å². The Hall–Kier alpha value is -4.26. The Morgan fingerprint density at radius 2 is 2.00 bits per heavy atom. The molecule has 0 bridgehead atoms. The number of hydrogen-bond donors (Lipinski definition) is 2. The summed E-state index contributed by atoms with van der Waals surface area (Å²) in [5.41, 5.74) is 2.07. The van der Waals surface area contributed by atoms with Gasteiger partial charge in [-0.3, -0.25) is 10.1 Å². The standard InChI is InChI=1S/C28H21ClFN5O3/c29-24-10-19(5-7-27(24)38-14-16-2-1-3-18(30)8-16)34-28-21-11-26(35(36)37)17(9-25(21)32-15-33-28)4-6-20-22-12-31-13-23(20)22/h1-3,5,7-11,15,20,22-23,31H,12-14H2,(H,32,33,34)/t20?,22-,23?/m0/s1. The molecule has 4 aromatic rings. The molecule has 38 heavy (non-hydrogen) atoms. The fourth-order valence-corrected chi connectivity index (χ4v) is 5.09. The molecule has 6 rings (SSSR count). The van der Waals surface area contributed by atoms with E-state index in [9.17, 15) is 14.5 Å². The van der Waals surface area contributed by atoms with E-state index < -0.39 is 4.92 Å². The van der Waals surface area contributed by atoms with E-state index in [2.05, 4.69) is 32.4 Å². The molecular weight excluding hydrogens is 509 g/mol. The third kappa shape index (κ3) is 4.84. The van der Waals surface area contributed by atoms with Gasteiger partial charge in [-0.15, -0.1) is 0 Å². The summed E-state index contributed by atoms with van der Waals surface area (Å²) in [6, 6.07) is 14.3. The lowest BCUT2D eigenvalue weighted by atomic mass is 10.1. The van der Waals surface area contributed by atoms with Gasteiger partial charge in [0.15, 0.2) is 0 Å². The van der Waals surface area contributed by atoms with Crippen LogP contribution in [0, 0.1) is 45.5 Å². The molecular formula is C28H21ClFN5O3. The zero-order valence-electron chi connectivity index (χ0n) is 19.9. The van der Waals surface area contributed by atoms with Gasteiger partial charge < -0.3 is 15.4 Å². The topological polar surface area (TPSA) is 102 Å². The van der Waals surface area contributed by atoms with Crippen LogP contribution in [0.2, 0.25) is 5.02 Å². The minimum atomic E-state index is -0.433. The Morgan fingerprint density at radius 3 is 2.76 bits per heavy atom. The lowest BCUT2D eigenvalue weighted by Crippen LogP contribution is -2.13. The largest absolute Gasteiger partial charge is 0.487 e. The first kappa shape index (κ1) is 24.1. The quantitative estimate of drug-likeness (QED) is 0.194. The van der Waals surface area contributed by atoms with E-state index in [0.717, 1.165) is 13.1 Å². The van der Waals surface area contributed by atoms with Gasteiger partial charge in [0.2, 0.25) is 0 Å². The van der Waals surface area contributed by atoms with Crippen LogP contribution in [0.3, 0.4) is 0 Å². The molecule has 1 aliphatic heterocycles. The molecule has 190 valence electrons. The highest BCUT2D eigenvalue weighted by Crippen LogP contribution is 2.48. The average molecular weight is 530 g/mol. The summed E-state index contributed by atoms with van der Waals surface area (Å²) in [7, 11) is 0. The Morgan fingerprint density at radius 1 is 1.16 bits per heavy atom. The molecule has 2 aliphatic rings. The highest BCUT2D eigenvalue weighted by Gasteiger charge is 2.51. The normalized spacial score (nSPS) is 19.4. The minimum absolute atomic E-state index is 0.0917. The summed E-state index contributed by atoms with van der Waals surface area (Å²) in [5, 5.41) is 19.2. The fraction of sp³-hybridized carbons (Fsp3) is 0.214. The number of fused-ring (bicyclic) bond motifs is 2. The minimum Gasteiger partial charge on any atom is -0.487 e. The van der Waals surface area contributed by atoms with Gasteiger partial charge in [0, 0.05) is 23.1 Å². The molecule has 2 N–H and O–H groups in total. The summed E-state index contributed by atoms with van der Waals surface area (Å²) in [6.07, 6.45) is 1.39. The number of hydrogen-bond acceptors (Lipinski definition) is 7. The van der Waals surface area contributed by atoms with Crippen molar-refractivity contribution in [1.29, 1.82) is 0 Å². The second-order valence-corrected chi connectivity index (χ2v) is 9.74. The number of ether oxygens (including phenoxy) is 1. The molecule has 3 atom stereocenters. The monoisotopic (exact) mass is 529 g/mol. The van der Waals surface area contributed by atoms with Gasteiger partial charge >= 0.3 is 0 Å². The number of nitro groups is 1. The Bertz CT molecular complexity index is 1630. The van der Waals surface area contributed by atoms with E-state index in [1.807, 2.05) is 0 Å². The van der Waals surface area contributed by atoms with E-state index in [1.165, 1.54) is 24.5 Å². The first-order valence-electron chi connectivity index (χ1n) is 12.1. The number of nitro benzene ring substituents is 1. The molecule has 0 amide bonds. The van der Waals surface area contributed by atoms with Crippen molar-refractivity contribution in [3.05, 3.63) is 93.0 Å². The molecule has 2 heterocycles. The number of piperidine rings is 1. The van der Waals surface area contributed by atoms with E-state index in [0.29, 0.717) is 62.1 Å². The van der Waals surface area contributed by atoms with Gasteiger partial charge in [-0.2, -0.15) is 0 Å². The molecule has 2 fully saturated rings. The number of nitrogens with zero attached hydrogens (tertiary/aromatic N) is 3. The van der Waals surface area contributed by atoms with Gasteiger partial charge in [-0.05, 0) is 66.9 Å². The van der Waals surface area contributed by atoms with Crippen molar-refractivity contribution in [1.82, 2.24) is 15.3 Å². The lowest BCUT2D eigenvalue weighted by Gasteiger charge is -2.12. The number of nitrogens with one attached hydrogen (secondary N) is 2. The van der Waals surface area contributed by atoms with Crippen LogP contribution in [-0.4, -0.2) is 28.0 Å². The maximum Gasteiger partial charge on any atom is 0.285 e. The predicted molar refractivity (Wildman–Crippen MR) is 142 cm³/mol. The van der Waals surface area contributed by atoms with Crippen molar-refractivity contribution >= 4 is 39.7 Å². The second kappa shape index (κ2) is 9.89. The van der Waals surface area contributed by atoms with Gasteiger partial charge in [-0.1, -0.05) is 35.6 Å². The first-order valence-corrected chi connectivity index (χ1v) is 12.4. The van der Waals surface area contributed by atoms with Crippen molar-refractivity contribution < 1.29 is 14.1 Å². The summed E-state index contributed by atoms with van der Waals surface area (Å²) < 4.78 is 19.1. The summed E-state index contributed by atoms with van der Waals surface area (Å²) in [6.45, 7) is 2.07. The summed E-state index contributed by atoms with van der Waals surface area (Å²) in [5.74, 6) is 8.13. The maximum atomic E-state index is 13.4. The van der Waals surface area contributed by atoms with Crippen LogP contribution in [0.5, 0.6) is 5.75 Å². The van der Waals surface area contributed by atoms with E-state index in [1.54, 1.807) is 36.4 Å². The van der Waals surface area contributed by atoms with E-state index in [4.69, 9.17) is 16.3 Å². The van der Waals surface area contributed by atoms with Gasteiger partial charge in [0.1, 0.15) is 35.9 Å². The smallest absolute Gasteiger partial charge is 0.285 e. The molecule has 0 radical (unpaired) electrons. The van der Waals surface area contributed by atoms with Gasteiger partial charge in [-0.25, -0.2) is 14.4 Å². The third-order valence-corrected chi connectivity index (χ3v) is 7.19. The molecule has 10 heteroatoms. The van der Waals surface area contributed by atoms with E-state index >= 15 is 0 Å². The molecule has 1 aromatic heterocycles. The SMILES string of the molecule is O=[N+]([O-])c1cc2c(Nc3ccc(OCc4cccc(F)c4)c(Cl)c3)ncnc2cc1C#CC1C2CNC[C@@H]12. The molecule has 1 saturated carbocycles. The van der Waals surface area contributed by atoms with Crippen LogP contribution in [0.1, 0.15) is 11.1 Å². The summed E-state index contributed by atoms with van der Waals surface area (Å²) >= 11 is 6.42. The van der Waals surface area contributed by atoms with Crippen molar-refractivity contribution in [2.24, 2.45) is 17.8 Å². The van der Waals surface area contributed by atoms with Crippen molar-refractivity contribution in [2.75, 3.05) is 18.4 Å². The number of halogens is 2. The fourth-order valence-electron chi connectivity index (χ4n) is 4.86. The van der Waals surface area contributed by atoms with Crippen LogP contribution < -0.4 is 15.4 Å². The van der Waals surface area contributed by atoms with Crippen LogP contribution in [0.15, 0.2) is 60.9 Å². The van der Waals surface area contributed by atoms with Crippen LogP contribution >= 0.6 is 11.6 Å². The average Bonchev–Trinajstić information content (AvgIpc) is 3.32. The lowest BCUT2D eigenvalue weighted by molar-refractivity contribution is -0.385. The highest BCUT2D eigenvalue weighted by molar-refractivity contribution is 6.32. The third-order valence-electron chi connectivity index (χ3n) is 6.89. The van der Waals surface area contributed by atoms with Crippen LogP contribution in [0.25, 0.3) is 10.9 Å². The number of aromatic nitrogens is 2.